The van der Waals surface area contributed by atoms with Crippen molar-refractivity contribution in [2.75, 3.05) is 0 Å². The molecule has 26 heavy (non-hydrogen) atoms. The summed E-state index contributed by atoms with van der Waals surface area (Å²) in [4.78, 5) is 12.0. The molecule has 0 spiro atoms. The molecule has 0 saturated heterocycles. The Labute approximate surface area is 165 Å². The summed E-state index contributed by atoms with van der Waals surface area (Å²) in [6.45, 7) is 18.7. The van der Waals surface area contributed by atoms with Gasteiger partial charge in [-0.05, 0) is 68.5 Å². The maximum Gasteiger partial charge on any atom is 0.192 e. The molecule has 0 unspecified atom stereocenters. The monoisotopic (exact) mass is 382 g/mol. The van der Waals surface area contributed by atoms with Gasteiger partial charge in [-0.3, -0.25) is 4.79 Å². The molecule has 1 fully saturated rings. The van der Waals surface area contributed by atoms with Crippen molar-refractivity contribution in [3.8, 4) is 0 Å². The minimum Gasteiger partial charge on any atom is -0.412 e. The molecule has 0 heterocycles. The number of hydrogen-bond acceptors (Lipinski definition) is 2. The highest BCUT2D eigenvalue weighted by Crippen LogP contribution is 2.45. The third-order valence-corrected chi connectivity index (χ3v) is 12.5. The molecule has 3 atom stereocenters. The fraction of sp³-hybridized carbons (Fsp3) is 0.957. The van der Waals surface area contributed by atoms with Crippen LogP contribution in [0.5, 0.6) is 0 Å². The minimum atomic E-state index is -1.54. The van der Waals surface area contributed by atoms with E-state index in [9.17, 15) is 4.79 Å². The quantitative estimate of drug-likeness (QED) is 0.348. The fourth-order valence-corrected chi connectivity index (χ4v) is 8.30. The molecular weight excluding hydrogens is 336 g/mol. The van der Waals surface area contributed by atoms with E-state index in [1.165, 1.54) is 37.4 Å². The summed E-state index contributed by atoms with van der Waals surface area (Å²) in [6.07, 6.45) is 7.53. The lowest BCUT2D eigenvalue weighted by Crippen LogP contribution is -2.44. The Hall–Kier alpha value is -0.153. The zero-order valence-electron chi connectivity index (χ0n) is 19.0. The number of carbonyl (C=O) groups is 1. The predicted octanol–water partition coefficient (Wildman–Crippen LogP) is 7.38. The highest BCUT2D eigenvalue weighted by atomic mass is 28.4. The van der Waals surface area contributed by atoms with E-state index >= 15 is 0 Å². The van der Waals surface area contributed by atoms with Crippen molar-refractivity contribution >= 4 is 14.1 Å². The molecule has 0 N–H and O–H groups in total. The normalized spacial score (nSPS) is 24.5. The maximum atomic E-state index is 12.0. The van der Waals surface area contributed by atoms with Gasteiger partial charge in [0.05, 0.1) is 5.60 Å². The average Bonchev–Trinajstić information content (AvgIpc) is 2.58. The summed E-state index contributed by atoms with van der Waals surface area (Å²) in [5.74, 6) is 1.77. The topological polar surface area (TPSA) is 26.3 Å². The van der Waals surface area contributed by atoms with E-state index in [1.54, 1.807) is 0 Å². The summed E-state index contributed by atoms with van der Waals surface area (Å²) >= 11 is 0. The van der Waals surface area contributed by atoms with Gasteiger partial charge in [0.15, 0.2) is 8.32 Å². The van der Waals surface area contributed by atoms with E-state index in [0.717, 1.165) is 25.7 Å². The lowest BCUT2D eigenvalue weighted by Gasteiger charge is -2.42. The molecule has 0 radical (unpaired) electrons. The van der Waals surface area contributed by atoms with E-state index in [2.05, 4.69) is 55.4 Å². The van der Waals surface area contributed by atoms with E-state index in [4.69, 9.17) is 4.43 Å². The molecule has 0 aromatic carbocycles. The van der Waals surface area contributed by atoms with Crippen molar-refractivity contribution in [1.82, 2.24) is 0 Å². The minimum absolute atomic E-state index is 0.00190. The van der Waals surface area contributed by atoms with Gasteiger partial charge in [0.1, 0.15) is 5.78 Å². The third-order valence-electron chi connectivity index (χ3n) is 7.62. The highest BCUT2D eigenvalue weighted by molar-refractivity contribution is 6.73. The number of Topliss-reactive ketones (excluding diaryl/α,β-unsaturated/α-hetero) is 1. The number of ketones is 1. The van der Waals surface area contributed by atoms with Gasteiger partial charge in [0.2, 0.25) is 0 Å². The van der Waals surface area contributed by atoms with Gasteiger partial charge < -0.3 is 4.43 Å². The van der Waals surface area contributed by atoms with Crippen molar-refractivity contribution in [3.05, 3.63) is 0 Å². The Morgan fingerprint density at radius 3 is 2.23 bits per heavy atom. The van der Waals surface area contributed by atoms with Crippen LogP contribution in [0.15, 0.2) is 0 Å². The Morgan fingerprint density at radius 2 is 1.73 bits per heavy atom. The summed E-state index contributed by atoms with van der Waals surface area (Å²) in [5, 5.41) is 0. The molecular formula is C23H46O2Si. The number of rotatable bonds is 11. The first-order valence-corrected chi connectivity index (χ1v) is 13.8. The maximum absolute atomic E-state index is 12.0. The Kier molecular flexibility index (Phi) is 9.06. The van der Waals surface area contributed by atoms with Crippen LogP contribution >= 0.6 is 0 Å². The van der Waals surface area contributed by atoms with Crippen LogP contribution in [0.25, 0.3) is 0 Å². The molecule has 154 valence electrons. The smallest absolute Gasteiger partial charge is 0.192 e. The Bertz CT molecular complexity index is 433. The van der Waals surface area contributed by atoms with Crippen molar-refractivity contribution < 1.29 is 9.22 Å². The molecule has 0 amide bonds. The van der Waals surface area contributed by atoms with Gasteiger partial charge in [0.25, 0.3) is 0 Å². The van der Waals surface area contributed by atoms with Crippen LogP contribution in [0.2, 0.25) is 18.1 Å². The molecule has 0 bridgehead atoms. The van der Waals surface area contributed by atoms with Gasteiger partial charge in [-0.25, -0.2) is 0 Å². The molecule has 0 aromatic heterocycles. The first-order chi connectivity index (χ1) is 12.0. The summed E-state index contributed by atoms with van der Waals surface area (Å²) in [5.41, 5.74) is 0.220. The first-order valence-electron chi connectivity index (χ1n) is 11.2. The van der Waals surface area contributed by atoms with Crippen LogP contribution in [0, 0.1) is 17.3 Å². The molecule has 1 aliphatic rings. The molecule has 3 heteroatoms. The fourth-order valence-electron chi connectivity index (χ4n) is 5.10. The van der Waals surface area contributed by atoms with Gasteiger partial charge in [-0.1, -0.05) is 54.4 Å². The van der Waals surface area contributed by atoms with Crippen LogP contribution in [-0.4, -0.2) is 19.7 Å². The Balaban J connectivity index is 2.53. The van der Waals surface area contributed by atoms with E-state index < -0.39 is 8.32 Å². The van der Waals surface area contributed by atoms with Crippen LogP contribution in [0.4, 0.5) is 0 Å². The molecule has 1 aliphatic carbocycles. The second-order valence-corrected chi connectivity index (χ2v) is 14.7. The predicted molar refractivity (Wildman–Crippen MR) is 116 cm³/mol. The average molecular weight is 383 g/mol. The highest BCUT2D eigenvalue weighted by Gasteiger charge is 2.39. The number of hydrogen-bond donors (Lipinski definition) is 0. The molecule has 0 aliphatic heterocycles. The first kappa shape index (κ1) is 23.9. The van der Waals surface area contributed by atoms with E-state index in [-0.39, 0.29) is 11.0 Å². The second-order valence-electron chi connectivity index (χ2n) is 9.99. The molecule has 0 aromatic rings. The SMILES string of the molecule is CC[Si](CC)(CC)OC(C)(C)CCC[C@@H](C)[C@H](C)[C@@]1(C)CCCC(=O)C1. The van der Waals surface area contributed by atoms with E-state index in [0.29, 0.717) is 17.6 Å². The van der Waals surface area contributed by atoms with Gasteiger partial charge >= 0.3 is 0 Å². The van der Waals surface area contributed by atoms with Crippen molar-refractivity contribution in [3.63, 3.8) is 0 Å². The third kappa shape index (κ3) is 6.47. The van der Waals surface area contributed by atoms with Crippen molar-refractivity contribution in [2.45, 2.75) is 124 Å². The van der Waals surface area contributed by atoms with Gasteiger partial charge in [0, 0.05) is 12.8 Å². The molecule has 2 nitrogen and oxygen atoms in total. The van der Waals surface area contributed by atoms with Gasteiger partial charge in [-0.15, -0.1) is 0 Å². The van der Waals surface area contributed by atoms with Gasteiger partial charge in [-0.2, -0.15) is 0 Å². The molecule has 1 rings (SSSR count). The standard InChI is InChI=1S/C23H46O2Si/c1-9-26(10-2,11-3)25-22(6,7)16-12-14-19(4)20(5)23(8)17-13-15-21(24)18-23/h19-20H,9-18H2,1-8H3/t19-,20+,23+/m1/s1. The lowest BCUT2D eigenvalue weighted by atomic mass is 9.63. The lowest BCUT2D eigenvalue weighted by molar-refractivity contribution is -0.125. The molecule has 1 saturated carbocycles. The summed E-state index contributed by atoms with van der Waals surface area (Å²) in [6, 6.07) is 3.68. The summed E-state index contributed by atoms with van der Waals surface area (Å²) in [7, 11) is -1.54. The largest absolute Gasteiger partial charge is 0.412 e. The van der Waals surface area contributed by atoms with Crippen molar-refractivity contribution in [1.29, 1.82) is 0 Å². The van der Waals surface area contributed by atoms with Crippen molar-refractivity contribution in [2.24, 2.45) is 17.3 Å². The number of carbonyl (C=O) groups excluding carboxylic acids is 1. The second kappa shape index (κ2) is 9.86. The zero-order chi connectivity index (χ0) is 20.0. The zero-order valence-corrected chi connectivity index (χ0v) is 20.0. The van der Waals surface area contributed by atoms with Crippen LogP contribution < -0.4 is 0 Å². The van der Waals surface area contributed by atoms with Crippen LogP contribution in [-0.2, 0) is 9.22 Å². The van der Waals surface area contributed by atoms with E-state index in [1.807, 2.05) is 0 Å². The Morgan fingerprint density at radius 1 is 1.15 bits per heavy atom. The summed E-state index contributed by atoms with van der Waals surface area (Å²) < 4.78 is 6.76. The van der Waals surface area contributed by atoms with Crippen LogP contribution in [0.3, 0.4) is 0 Å². The van der Waals surface area contributed by atoms with Crippen LogP contribution in [0.1, 0.15) is 100 Å².